The largest absolute Gasteiger partial charge is 0.409 e. The third-order valence-electron chi connectivity index (χ3n) is 4.73. The van der Waals surface area contributed by atoms with E-state index in [4.69, 9.17) is 0 Å². The van der Waals surface area contributed by atoms with E-state index in [0.29, 0.717) is 30.5 Å². The van der Waals surface area contributed by atoms with Crippen LogP contribution in [0.1, 0.15) is 24.5 Å². The number of benzene rings is 3. The first-order chi connectivity index (χ1) is 15.0. The summed E-state index contributed by atoms with van der Waals surface area (Å²) in [4.78, 5) is 0. The second kappa shape index (κ2) is 9.14. The molecular formula is C24H16F8. The monoisotopic (exact) mass is 456 g/mol. The van der Waals surface area contributed by atoms with Crippen LogP contribution >= 0.6 is 0 Å². The molecule has 0 unspecified atom stereocenters. The molecule has 0 aliphatic rings. The Labute approximate surface area is 178 Å². The normalized spacial score (nSPS) is 12.0. The SMILES string of the molecule is CCCc1cc(F)c(-c2ccc(-c3cc(F)c(/C=C/C(F)(F)F)c(F)c3)c(F)c2)c(F)c1. The van der Waals surface area contributed by atoms with Gasteiger partial charge in [-0.15, -0.1) is 0 Å². The Morgan fingerprint density at radius 1 is 0.719 bits per heavy atom. The van der Waals surface area contributed by atoms with Gasteiger partial charge in [0.05, 0.1) is 5.56 Å². The third-order valence-corrected chi connectivity index (χ3v) is 4.73. The highest BCUT2D eigenvalue weighted by Gasteiger charge is 2.23. The molecule has 0 aliphatic heterocycles. The summed E-state index contributed by atoms with van der Waals surface area (Å²) in [5, 5.41) is 0. The van der Waals surface area contributed by atoms with Gasteiger partial charge < -0.3 is 0 Å². The van der Waals surface area contributed by atoms with Gasteiger partial charge in [-0.1, -0.05) is 25.5 Å². The van der Waals surface area contributed by atoms with E-state index in [0.717, 1.165) is 24.3 Å². The Bertz CT molecular complexity index is 1130. The van der Waals surface area contributed by atoms with Crippen molar-refractivity contribution in [3.8, 4) is 22.3 Å². The molecule has 0 fully saturated rings. The van der Waals surface area contributed by atoms with Crippen LogP contribution in [0.2, 0.25) is 0 Å². The maximum atomic E-state index is 14.7. The van der Waals surface area contributed by atoms with E-state index in [1.165, 1.54) is 6.07 Å². The van der Waals surface area contributed by atoms with Crippen molar-refractivity contribution < 1.29 is 35.1 Å². The van der Waals surface area contributed by atoms with Gasteiger partial charge in [-0.3, -0.25) is 0 Å². The van der Waals surface area contributed by atoms with Gasteiger partial charge >= 0.3 is 6.18 Å². The zero-order valence-electron chi connectivity index (χ0n) is 16.6. The maximum Gasteiger partial charge on any atom is 0.409 e. The van der Waals surface area contributed by atoms with Crippen LogP contribution in [-0.2, 0) is 6.42 Å². The van der Waals surface area contributed by atoms with Crippen LogP contribution in [0, 0.1) is 29.1 Å². The van der Waals surface area contributed by atoms with Gasteiger partial charge in [0.15, 0.2) is 0 Å². The average molecular weight is 456 g/mol. The minimum atomic E-state index is -4.77. The van der Waals surface area contributed by atoms with E-state index >= 15 is 0 Å². The topological polar surface area (TPSA) is 0 Å². The molecule has 0 bridgehead atoms. The summed E-state index contributed by atoms with van der Waals surface area (Å²) < 4.78 is 109. The number of hydrogen-bond donors (Lipinski definition) is 0. The Hall–Kier alpha value is -3.16. The molecule has 0 spiro atoms. The van der Waals surface area contributed by atoms with Gasteiger partial charge in [0.2, 0.25) is 0 Å². The first kappa shape index (κ1) is 23.5. The lowest BCUT2D eigenvalue weighted by Gasteiger charge is -2.11. The molecule has 168 valence electrons. The fourth-order valence-corrected chi connectivity index (χ4v) is 3.32. The standard InChI is InChI=1S/C24H16F8/c1-2-3-13-8-21(28)23(22(29)9-13)14-4-5-16(18(25)10-14)15-11-19(26)17(20(27)12-15)6-7-24(30,31)32/h4-12H,2-3H2,1H3/b7-6+. The van der Waals surface area contributed by atoms with Crippen molar-refractivity contribution >= 4 is 6.08 Å². The summed E-state index contributed by atoms with van der Waals surface area (Å²) in [6, 6.07) is 6.77. The molecule has 0 aromatic heterocycles. The van der Waals surface area contributed by atoms with Crippen LogP contribution in [0.3, 0.4) is 0 Å². The second-order valence-corrected chi connectivity index (χ2v) is 7.11. The third kappa shape index (κ3) is 5.18. The fraction of sp³-hybridized carbons (Fsp3) is 0.167. The summed E-state index contributed by atoms with van der Waals surface area (Å²) in [7, 11) is 0. The lowest BCUT2D eigenvalue weighted by molar-refractivity contribution is -0.0790. The lowest BCUT2D eigenvalue weighted by Crippen LogP contribution is -2.01. The number of aryl methyl sites for hydroxylation is 1. The first-order valence-electron chi connectivity index (χ1n) is 9.53. The maximum absolute atomic E-state index is 14.7. The summed E-state index contributed by atoms with van der Waals surface area (Å²) >= 11 is 0. The Morgan fingerprint density at radius 2 is 1.28 bits per heavy atom. The molecule has 0 saturated carbocycles. The Morgan fingerprint density at radius 3 is 1.78 bits per heavy atom. The van der Waals surface area contributed by atoms with Gasteiger partial charge in [-0.25, -0.2) is 22.0 Å². The quantitative estimate of drug-likeness (QED) is 0.339. The van der Waals surface area contributed by atoms with Crippen molar-refractivity contribution in [1.29, 1.82) is 0 Å². The highest BCUT2D eigenvalue weighted by Crippen LogP contribution is 2.33. The van der Waals surface area contributed by atoms with Crippen molar-refractivity contribution in [2.45, 2.75) is 25.9 Å². The van der Waals surface area contributed by atoms with E-state index in [2.05, 4.69) is 0 Å². The molecule has 32 heavy (non-hydrogen) atoms. The molecule has 0 nitrogen and oxygen atoms in total. The van der Waals surface area contributed by atoms with Crippen LogP contribution < -0.4 is 0 Å². The summed E-state index contributed by atoms with van der Waals surface area (Å²) in [6.45, 7) is 1.85. The van der Waals surface area contributed by atoms with Gasteiger partial charge in [-0.2, -0.15) is 13.2 Å². The number of allylic oxidation sites excluding steroid dienone is 1. The Balaban J connectivity index is 2.00. The van der Waals surface area contributed by atoms with Crippen LogP contribution in [0.15, 0.2) is 48.5 Å². The summed E-state index contributed by atoms with van der Waals surface area (Å²) in [5.74, 6) is -5.42. The predicted molar refractivity (Wildman–Crippen MR) is 106 cm³/mol. The highest BCUT2D eigenvalue weighted by atomic mass is 19.4. The highest BCUT2D eigenvalue weighted by molar-refractivity contribution is 5.73. The van der Waals surface area contributed by atoms with E-state index in [1.54, 1.807) is 0 Å². The molecule has 8 heteroatoms. The lowest BCUT2D eigenvalue weighted by atomic mass is 9.96. The smallest absolute Gasteiger partial charge is 0.206 e. The van der Waals surface area contributed by atoms with Gasteiger partial charge in [0.25, 0.3) is 0 Å². The molecule has 0 aliphatic carbocycles. The molecular weight excluding hydrogens is 440 g/mol. The summed E-state index contributed by atoms with van der Waals surface area (Å²) in [5.41, 5.74) is -1.61. The minimum Gasteiger partial charge on any atom is -0.206 e. The van der Waals surface area contributed by atoms with Crippen LogP contribution in [0.4, 0.5) is 35.1 Å². The van der Waals surface area contributed by atoms with E-state index in [1.807, 2.05) is 6.92 Å². The predicted octanol–water partition coefficient (Wildman–Crippen LogP) is 8.24. The molecule has 0 atom stereocenters. The van der Waals surface area contributed by atoms with Crippen molar-refractivity contribution in [1.82, 2.24) is 0 Å². The molecule has 3 aromatic rings. The number of rotatable bonds is 5. The number of halogens is 8. The van der Waals surface area contributed by atoms with E-state index < -0.39 is 46.4 Å². The zero-order valence-corrected chi connectivity index (χ0v) is 16.6. The fourth-order valence-electron chi connectivity index (χ4n) is 3.32. The molecule has 0 heterocycles. The van der Waals surface area contributed by atoms with Crippen molar-refractivity contribution in [2.75, 3.05) is 0 Å². The zero-order chi connectivity index (χ0) is 23.6. The van der Waals surface area contributed by atoms with Gasteiger partial charge in [0.1, 0.15) is 29.1 Å². The average Bonchev–Trinajstić information content (AvgIpc) is 2.66. The Kier molecular flexibility index (Phi) is 6.71. The van der Waals surface area contributed by atoms with Crippen LogP contribution in [-0.4, -0.2) is 6.18 Å². The molecule has 3 rings (SSSR count). The van der Waals surface area contributed by atoms with Crippen molar-refractivity contribution in [3.63, 3.8) is 0 Å². The molecule has 0 N–H and O–H groups in total. The van der Waals surface area contributed by atoms with E-state index in [-0.39, 0.29) is 28.8 Å². The van der Waals surface area contributed by atoms with Crippen molar-refractivity contribution in [3.05, 3.63) is 88.8 Å². The van der Waals surface area contributed by atoms with Crippen LogP contribution in [0.25, 0.3) is 28.3 Å². The van der Waals surface area contributed by atoms with Crippen LogP contribution in [0.5, 0.6) is 0 Å². The molecule has 0 amide bonds. The molecule has 0 radical (unpaired) electrons. The minimum absolute atomic E-state index is 0.116. The van der Waals surface area contributed by atoms with Gasteiger partial charge in [0, 0.05) is 17.2 Å². The van der Waals surface area contributed by atoms with E-state index in [9.17, 15) is 35.1 Å². The summed E-state index contributed by atoms with van der Waals surface area (Å²) in [6.07, 6.45) is -3.70. The first-order valence-corrected chi connectivity index (χ1v) is 9.53. The molecule has 0 saturated heterocycles. The number of hydrogen-bond acceptors (Lipinski definition) is 0. The van der Waals surface area contributed by atoms with Gasteiger partial charge in [-0.05, 0) is 59.5 Å². The number of alkyl halides is 3. The molecule has 3 aromatic carbocycles. The second-order valence-electron chi connectivity index (χ2n) is 7.11. The van der Waals surface area contributed by atoms with Crippen molar-refractivity contribution in [2.24, 2.45) is 0 Å².